The van der Waals surface area contributed by atoms with Crippen molar-refractivity contribution in [2.75, 3.05) is 50.5 Å². The number of amides is 1. The molecule has 12 heteroatoms. The lowest BCUT2D eigenvalue weighted by atomic mass is 10.0. The van der Waals surface area contributed by atoms with E-state index in [1.54, 1.807) is 22.6 Å². The van der Waals surface area contributed by atoms with Crippen molar-refractivity contribution in [3.8, 4) is 11.1 Å². The molecule has 1 amide bonds. The highest BCUT2D eigenvalue weighted by molar-refractivity contribution is 7.99. The van der Waals surface area contributed by atoms with Crippen molar-refractivity contribution in [1.29, 1.82) is 0 Å². The first kappa shape index (κ1) is 26.0. The van der Waals surface area contributed by atoms with Crippen LogP contribution in [0.2, 0.25) is 10.0 Å². The summed E-state index contributed by atoms with van der Waals surface area (Å²) in [7, 11) is 1.55. The maximum absolute atomic E-state index is 15.0. The minimum absolute atomic E-state index is 0.0416. The largest absolute Gasteiger partial charge is 0.383 e. The summed E-state index contributed by atoms with van der Waals surface area (Å²) in [5.74, 6) is -0.948. The summed E-state index contributed by atoms with van der Waals surface area (Å²) in [6, 6.07) is 3.28. The van der Waals surface area contributed by atoms with Gasteiger partial charge < -0.3 is 14.5 Å². The van der Waals surface area contributed by atoms with Crippen molar-refractivity contribution in [3.63, 3.8) is 0 Å². The van der Waals surface area contributed by atoms with Crippen LogP contribution in [-0.2, 0) is 9.53 Å². The van der Waals surface area contributed by atoms with Gasteiger partial charge in [0.15, 0.2) is 0 Å². The van der Waals surface area contributed by atoms with Crippen LogP contribution in [0.15, 0.2) is 40.5 Å². The van der Waals surface area contributed by atoms with Gasteiger partial charge in [-0.05, 0) is 18.2 Å². The zero-order valence-corrected chi connectivity index (χ0v) is 22.1. The summed E-state index contributed by atoms with van der Waals surface area (Å²) in [6.07, 6.45) is 1.28. The van der Waals surface area contributed by atoms with E-state index >= 15 is 0 Å². The Labute approximate surface area is 225 Å². The molecule has 0 spiro atoms. The summed E-state index contributed by atoms with van der Waals surface area (Å²) in [6.45, 7) is 5.61. The first-order chi connectivity index (χ1) is 17.7. The minimum atomic E-state index is -0.876. The molecular formula is C25H22Cl2F2N4O3S. The second-order valence-electron chi connectivity index (χ2n) is 8.73. The van der Waals surface area contributed by atoms with Crippen molar-refractivity contribution in [3.05, 3.63) is 63.0 Å². The predicted molar refractivity (Wildman–Crippen MR) is 142 cm³/mol. The number of methoxy groups -OCH3 is 1. The first-order valence-electron chi connectivity index (χ1n) is 11.5. The maximum Gasteiger partial charge on any atom is 0.350 e. The van der Waals surface area contributed by atoms with Gasteiger partial charge >= 0.3 is 5.69 Å². The Balaban J connectivity index is 1.74. The molecule has 194 valence electrons. The molecule has 0 N–H and O–H groups in total. The fourth-order valence-corrected chi connectivity index (χ4v) is 6.69. The fourth-order valence-electron chi connectivity index (χ4n) is 4.85. The fraction of sp³-hybridized carbons (Fsp3) is 0.320. The number of anilines is 1. The summed E-state index contributed by atoms with van der Waals surface area (Å²) in [5, 5.41) is 0.599. The highest BCUT2D eigenvalue weighted by atomic mass is 35.5. The highest BCUT2D eigenvalue weighted by Crippen LogP contribution is 2.48. The predicted octanol–water partition coefficient (Wildman–Crippen LogP) is 4.78. The number of ether oxygens (including phenoxy) is 1. The number of hydrogen-bond donors (Lipinski definition) is 0. The van der Waals surface area contributed by atoms with Gasteiger partial charge in [-0.3, -0.25) is 9.36 Å². The van der Waals surface area contributed by atoms with E-state index < -0.39 is 17.3 Å². The topological polar surface area (TPSA) is 67.7 Å². The van der Waals surface area contributed by atoms with Gasteiger partial charge in [-0.25, -0.2) is 13.6 Å². The summed E-state index contributed by atoms with van der Waals surface area (Å²) < 4.78 is 35.8. The SMILES string of the molecule is C=CC(=O)N1CCN(c2nc(=O)n3c4c(c(-c5cc(Cl)c(F)cc5F)c(Cl)cc24)SCC3COC)CC1. The van der Waals surface area contributed by atoms with E-state index in [0.717, 1.165) is 6.07 Å². The Bertz CT molecular complexity index is 1490. The van der Waals surface area contributed by atoms with Crippen molar-refractivity contribution in [1.82, 2.24) is 14.5 Å². The van der Waals surface area contributed by atoms with Crippen LogP contribution in [0.25, 0.3) is 22.0 Å². The third-order valence-electron chi connectivity index (χ3n) is 6.59. The van der Waals surface area contributed by atoms with E-state index in [1.807, 2.05) is 4.90 Å². The lowest BCUT2D eigenvalue weighted by molar-refractivity contribution is -0.126. The van der Waals surface area contributed by atoms with Gasteiger partial charge in [0.1, 0.15) is 17.5 Å². The monoisotopic (exact) mass is 566 g/mol. The van der Waals surface area contributed by atoms with Gasteiger partial charge in [-0.2, -0.15) is 4.98 Å². The molecule has 7 nitrogen and oxygen atoms in total. The molecule has 3 aromatic rings. The summed E-state index contributed by atoms with van der Waals surface area (Å²) >= 11 is 14.2. The van der Waals surface area contributed by atoms with Gasteiger partial charge in [0.25, 0.3) is 0 Å². The highest BCUT2D eigenvalue weighted by Gasteiger charge is 2.32. The maximum atomic E-state index is 15.0. The Morgan fingerprint density at radius 2 is 1.92 bits per heavy atom. The van der Waals surface area contributed by atoms with Gasteiger partial charge in [0.05, 0.1) is 28.2 Å². The van der Waals surface area contributed by atoms with Gasteiger partial charge in [-0.15, -0.1) is 11.8 Å². The number of thioether (sulfide) groups is 1. The molecule has 1 unspecified atom stereocenters. The van der Waals surface area contributed by atoms with Crippen molar-refractivity contribution >= 4 is 57.6 Å². The molecule has 37 heavy (non-hydrogen) atoms. The smallest absolute Gasteiger partial charge is 0.350 e. The molecule has 5 rings (SSSR count). The average molecular weight is 567 g/mol. The average Bonchev–Trinajstić information content (AvgIpc) is 2.89. The molecule has 2 aliphatic heterocycles. The summed E-state index contributed by atoms with van der Waals surface area (Å²) in [4.78, 5) is 34.1. The number of piperazine rings is 1. The van der Waals surface area contributed by atoms with Crippen LogP contribution < -0.4 is 10.6 Å². The number of nitrogens with zero attached hydrogens (tertiary/aromatic N) is 4. The van der Waals surface area contributed by atoms with E-state index in [-0.39, 0.29) is 34.2 Å². The quantitative estimate of drug-likeness (QED) is 0.327. The Kier molecular flexibility index (Phi) is 7.19. The van der Waals surface area contributed by atoms with Crippen molar-refractivity contribution in [2.45, 2.75) is 10.9 Å². The van der Waals surface area contributed by atoms with Crippen LogP contribution in [0.4, 0.5) is 14.6 Å². The second kappa shape index (κ2) is 10.2. The van der Waals surface area contributed by atoms with Crippen LogP contribution in [0.3, 0.4) is 0 Å². The van der Waals surface area contributed by atoms with E-state index in [4.69, 9.17) is 27.9 Å². The number of rotatable bonds is 5. The molecule has 1 fully saturated rings. The molecule has 1 saturated heterocycles. The first-order valence-corrected chi connectivity index (χ1v) is 13.2. The van der Waals surface area contributed by atoms with Crippen LogP contribution in [-0.4, -0.2) is 66.0 Å². The van der Waals surface area contributed by atoms with Crippen LogP contribution in [0, 0.1) is 11.6 Å². The number of carbonyl (C=O) groups is 1. The lowest BCUT2D eigenvalue weighted by Crippen LogP contribution is -2.49. The van der Waals surface area contributed by atoms with E-state index in [9.17, 15) is 18.4 Å². The third-order valence-corrected chi connectivity index (χ3v) is 8.41. The van der Waals surface area contributed by atoms with E-state index in [1.165, 1.54) is 23.9 Å². The molecule has 1 aromatic heterocycles. The molecule has 2 aliphatic rings. The molecule has 0 aliphatic carbocycles. The van der Waals surface area contributed by atoms with Crippen LogP contribution >= 0.6 is 35.0 Å². The molecular weight excluding hydrogens is 545 g/mol. The Morgan fingerprint density at radius 3 is 2.59 bits per heavy atom. The minimum Gasteiger partial charge on any atom is -0.383 e. The van der Waals surface area contributed by atoms with E-state index in [0.29, 0.717) is 59.1 Å². The van der Waals surface area contributed by atoms with Gasteiger partial charge in [0.2, 0.25) is 5.91 Å². The summed E-state index contributed by atoms with van der Waals surface area (Å²) in [5.41, 5.74) is 0.458. The van der Waals surface area contributed by atoms with E-state index in [2.05, 4.69) is 11.6 Å². The number of benzene rings is 2. The Hall–Kier alpha value is -2.66. The van der Waals surface area contributed by atoms with Crippen LogP contribution in [0.5, 0.6) is 0 Å². The zero-order valence-electron chi connectivity index (χ0n) is 19.8. The van der Waals surface area contributed by atoms with Crippen molar-refractivity contribution < 1.29 is 18.3 Å². The van der Waals surface area contributed by atoms with Crippen LogP contribution in [0.1, 0.15) is 6.04 Å². The third kappa shape index (κ3) is 4.50. The zero-order chi connectivity index (χ0) is 26.4. The molecule has 0 bridgehead atoms. The number of carbonyl (C=O) groups excluding carboxylic acids is 1. The number of aromatic nitrogens is 2. The molecule has 3 heterocycles. The second-order valence-corrected chi connectivity index (χ2v) is 10.6. The normalized spacial score (nSPS) is 17.4. The molecule has 0 saturated carbocycles. The van der Waals surface area contributed by atoms with Gasteiger partial charge in [0, 0.05) is 66.5 Å². The van der Waals surface area contributed by atoms with Gasteiger partial charge in [-0.1, -0.05) is 29.8 Å². The standard InChI is InChI=1S/C25H22Cl2F2N4O3S/c1-3-20(34)31-4-6-32(7-5-31)24-15-9-17(27)21(14-8-16(26)19(29)10-18(14)28)23-22(15)33(25(35)30-24)13(11-36-2)12-37-23/h3,8-10,13H,1,4-7,11-12H2,2H3. The molecule has 2 aromatic carbocycles. The Morgan fingerprint density at radius 1 is 1.19 bits per heavy atom. The number of hydrogen-bond acceptors (Lipinski definition) is 6. The number of halogens is 4. The molecule has 0 radical (unpaired) electrons. The lowest BCUT2D eigenvalue weighted by Gasteiger charge is -2.36. The molecule has 1 atom stereocenters. The van der Waals surface area contributed by atoms with Crippen molar-refractivity contribution in [2.24, 2.45) is 0 Å².